The van der Waals surface area contributed by atoms with Crippen molar-refractivity contribution in [1.29, 1.82) is 0 Å². The molecule has 0 spiro atoms. The molecule has 0 aromatic heterocycles. The van der Waals surface area contributed by atoms with E-state index in [9.17, 15) is 14.4 Å². The average molecular weight is 418 g/mol. The highest BCUT2D eigenvalue weighted by Crippen LogP contribution is 2.19. The molecule has 0 aliphatic carbocycles. The van der Waals surface area contributed by atoms with Gasteiger partial charge >= 0.3 is 5.97 Å². The number of carbonyl (C=O) groups is 3. The normalized spacial score (nSPS) is 10.2. The molecule has 2 amide bonds. The Balaban J connectivity index is 1.51. The Bertz CT molecular complexity index is 1070. The van der Waals surface area contributed by atoms with Crippen molar-refractivity contribution in [2.24, 2.45) is 5.73 Å². The molecule has 3 N–H and O–H groups in total. The van der Waals surface area contributed by atoms with Gasteiger partial charge in [-0.25, -0.2) is 0 Å². The van der Waals surface area contributed by atoms with Crippen molar-refractivity contribution < 1.29 is 23.9 Å². The van der Waals surface area contributed by atoms with Gasteiger partial charge in [-0.3, -0.25) is 14.4 Å². The Morgan fingerprint density at radius 1 is 0.806 bits per heavy atom. The standard InChI is InChI=1S/C24H22N2O5/c25-23(28)20-11-4-5-12-21(20)30-16-18-9-6-10-19(13-18)24(29)26-14-22(27)31-15-17-7-2-1-3-8-17/h1-13H,14-16H2,(H2,25,28)(H,26,29). The van der Waals surface area contributed by atoms with Crippen LogP contribution < -0.4 is 15.8 Å². The van der Waals surface area contributed by atoms with Crippen LogP contribution in [0.4, 0.5) is 0 Å². The molecule has 3 aromatic carbocycles. The number of benzene rings is 3. The molecule has 7 nitrogen and oxygen atoms in total. The number of para-hydroxylation sites is 1. The zero-order valence-corrected chi connectivity index (χ0v) is 16.7. The summed E-state index contributed by atoms with van der Waals surface area (Å²) in [5.74, 6) is -1.15. The van der Waals surface area contributed by atoms with Crippen LogP contribution in [0, 0.1) is 0 Å². The fraction of sp³-hybridized carbons (Fsp3) is 0.125. The van der Waals surface area contributed by atoms with E-state index in [1.165, 1.54) is 0 Å². The number of primary amides is 1. The minimum absolute atomic E-state index is 0.143. The molecule has 0 radical (unpaired) electrons. The Morgan fingerprint density at radius 3 is 2.29 bits per heavy atom. The molecule has 3 rings (SSSR count). The van der Waals surface area contributed by atoms with Gasteiger partial charge in [0.1, 0.15) is 25.5 Å². The van der Waals surface area contributed by atoms with Crippen molar-refractivity contribution in [3.05, 3.63) is 101 Å². The molecule has 0 saturated carbocycles. The van der Waals surface area contributed by atoms with E-state index in [2.05, 4.69) is 5.32 Å². The van der Waals surface area contributed by atoms with E-state index in [4.69, 9.17) is 15.2 Å². The summed E-state index contributed by atoms with van der Waals surface area (Å²) in [6.07, 6.45) is 0. The van der Waals surface area contributed by atoms with Crippen LogP contribution in [-0.2, 0) is 22.7 Å². The SMILES string of the molecule is NC(=O)c1ccccc1OCc1cccc(C(=O)NCC(=O)OCc2ccccc2)c1. The van der Waals surface area contributed by atoms with Crippen molar-refractivity contribution in [2.75, 3.05) is 6.54 Å². The van der Waals surface area contributed by atoms with Crippen LogP contribution in [0.3, 0.4) is 0 Å². The topological polar surface area (TPSA) is 108 Å². The van der Waals surface area contributed by atoms with Crippen molar-refractivity contribution in [1.82, 2.24) is 5.32 Å². The van der Waals surface area contributed by atoms with E-state index in [-0.39, 0.29) is 25.3 Å². The van der Waals surface area contributed by atoms with Crippen LogP contribution >= 0.6 is 0 Å². The first-order valence-corrected chi connectivity index (χ1v) is 9.61. The summed E-state index contributed by atoms with van der Waals surface area (Å²) < 4.78 is 10.8. The molecule has 0 aliphatic heterocycles. The molecule has 158 valence electrons. The van der Waals surface area contributed by atoms with Crippen LogP contribution in [0.5, 0.6) is 5.75 Å². The number of hydrogen-bond acceptors (Lipinski definition) is 5. The lowest BCUT2D eigenvalue weighted by atomic mass is 10.1. The lowest BCUT2D eigenvalue weighted by Crippen LogP contribution is -2.30. The average Bonchev–Trinajstić information content (AvgIpc) is 2.80. The monoisotopic (exact) mass is 418 g/mol. The number of hydrogen-bond donors (Lipinski definition) is 2. The third-order valence-corrected chi connectivity index (χ3v) is 4.37. The Labute approximate surface area is 179 Å². The second-order valence-electron chi connectivity index (χ2n) is 6.68. The van der Waals surface area contributed by atoms with Crippen LogP contribution in [-0.4, -0.2) is 24.3 Å². The molecule has 0 bridgehead atoms. The van der Waals surface area contributed by atoms with Gasteiger partial charge in [-0.15, -0.1) is 0 Å². The quantitative estimate of drug-likeness (QED) is 0.520. The van der Waals surface area contributed by atoms with Crippen LogP contribution in [0.15, 0.2) is 78.9 Å². The minimum atomic E-state index is -0.581. The lowest BCUT2D eigenvalue weighted by Gasteiger charge is -2.11. The predicted molar refractivity (Wildman–Crippen MR) is 114 cm³/mol. The van der Waals surface area contributed by atoms with Crippen molar-refractivity contribution in [2.45, 2.75) is 13.2 Å². The summed E-state index contributed by atoms with van der Waals surface area (Å²) in [5, 5.41) is 2.54. The third-order valence-electron chi connectivity index (χ3n) is 4.37. The molecule has 3 aromatic rings. The first-order valence-electron chi connectivity index (χ1n) is 9.61. The van der Waals surface area contributed by atoms with Gasteiger partial charge in [-0.05, 0) is 35.4 Å². The second-order valence-corrected chi connectivity index (χ2v) is 6.68. The maximum atomic E-state index is 12.4. The van der Waals surface area contributed by atoms with Gasteiger partial charge in [0.2, 0.25) is 0 Å². The second kappa shape index (κ2) is 10.6. The number of rotatable bonds is 9. The highest BCUT2D eigenvalue weighted by atomic mass is 16.5. The van der Waals surface area contributed by atoms with Gasteiger partial charge < -0.3 is 20.5 Å². The largest absolute Gasteiger partial charge is 0.488 e. The molecule has 0 heterocycles. The van der Waals surface area contributed by atoms with Crippen molar-refractivity contribution >= 4 is 17.8 Å². The molecule has 7 heteroatoms. The van der Waals surface area contributed by atoms with Crippen LogP contribution in [0.25, 0.3) is 0 Å². The van der Waals surface area contributed by atoms with Gasteiger partial charge in [-0.1, -0.05) is 54.6 Å². The molecule has 0 unspecified atom stereocenters. The molecule has 0 atom stereocenters. The molecular weight excluding hydrogens is 396 g/mol. The number of nitrogens with one attached hydrogen (secondary N) is 1. The summed E-state index contributed by atoms with van der Waals surface area (Å²) >= 11 is 0. The third kappa shape index (κ3) is 6.43. The van der Waals surface area contributed by atoms with Gasteiger partial charge in [0, 0.05) is 5.56 Å². The number of nitrogens with two attached hydrogens (primary N) is 1. The zero-order chi connectivity index (χ0) is 22.1. The van der Waals surface area contributed by atoms with E-state index in [1.807, 2.05) is 30.3 Å². The van der Waals surface area contributed by atoms with E-state index in [1.54, 1.807) is 48.5 Å². The van der Waals surface area contributed by atoms with E-state index >= 15 is 0 Å². The zero-order valence-electron chi connectivity index (χ0n) is 16.7. The Morgan fingerprint density at radius 2 is 1.52 bits per heavy atom. The summed E-state index contributed by atoms with van der Waals surface area (Å²) in [6, 6.07) is 22.7. The van der Waals surface area contributed by atoms with Crippen LogP contribution in [0.1, 0.15) is 31.8 Å². The van der Waals surface area contributed by atoms with E-state index < -0.39 is 17.8 Å². The van der Waals surface area contributed by atoms with Crippen molar-refractivity contribution in [3.63, 3.8) is 0 Å². The van der Waals surface area contributed by atoms with E-state index in [0.717, 1.165) is 11.1 Å². The maximum absolute atomic E-state index is 12.4. The highest BCUT2D eigenvalue weighted by Gasteiger charge is 2.11. The van der Waals surface area contributed by atoms with Gasteiger partial charge in [-0.2, -0.15) is 0 Å². The van der Waals surface area contributed by atoms with Gasteiger partial charge in [0.15, 0.2) is 0 Å². The summed E-state index contributed by atoms with van der Waals surface area (Å²) in [6.45, 7) is 0.0536. The first-order chi connectivity index (χ1) is 15.0. The highest BCUT2D eigenvalue weighted by molar-refractivity contribution is 5.96. The van der Waals surface area contributed by atoms with E-state index in [0.29, 0.717) is 11.3 Å². The number of esters is 1. The summed E-state index contributed by atoms with van der Waals surface area (Å²) in [5.41, 5.74) is 7.60. The predicted octanol–water partition coefficient (Wildman–Crippen LogP) is 2.84. The molecule has 0 fully saturated rings. The van der Waals surface area contributed by atoms with Gasteiger partial charge in [0.05, 0.1) is 5.56 Å². The van der Waals surface area contributed by atoms with Crippen LogP contribution in [0.2, 0.25) is 0 Å². The Hall–Kier alpha value is -4.13. The Kier molecular flexibility index (Phi) is 7.37. The molecule has 0 saturated heterocycles. The minimum Gasteiger partial charge on any atom is -0.488 e. The van der Waals surface area contributed by atoms with Crippen molar-refractivity contribution in [3.8, 4) is 5.75 Å². The number of ether oxygens (including phenoxy) is 2. The summed E-state index contributed by atoms with van der Waals surface area (Å²) in [7, 11) is 0. The molecule has 0 aliphatic rings. The van der Waals surface area contributed by atoms with Gasteiger partial charge in [0.25, 0.3) is 11.8 Å². The number of amides is 2. The fourth-order valence-corrected chi connectivity index (χ4v) is 2.80. The number of carbonyl (C=O) groups excluding carboxylic acids is 3. The molecular formula is C24H22N2O5. The lowest BCUT2D eigenvalue weighted by molar-refractivity contribution is -0.143. The molecule has 31 heavy (non-hydrogen) atoms. The summed E-state index contributed by atoms with van der Waals surface area (Å²) in [4.78, 5) is 35.7. The fourth-order valence-electron chi connectivity index (χ4n) is 2.80. The first kappa shape index (κ1) is 21.6. The smallest absolute Gasteiger partial charge is 0.325 e. The maximum Gasteiger partial charge on any atom is 0.325 e.